The number of anilines is 1. The number of urea groups is 1. The van der Waals surface area contributed by atoms with E-state index in [1.54, 1.807) is 6.92 Å². The number of hydrogen-bond acceptors (Lipinski definition) is 8. The maximum Gasteiger partial charge on any atom is 0.319 e. The summed E-state index contributed by atoms with van der Waals surface area (Å²) in [5.41, 5.74) is 0.327. The van der Waals surface area contributed by atoms with Crippen molar-refractivity contribution >= 4 is 35.5 Å². The first-order chi connectivity index (χ1) is 16.0. The van der Waals surface area contributed by atoms with Crippen LogP contribution < -0.4 is 10.6 Å². The third kappa shape index (κ3) is 7.15. The number of likely N-dealkylation sites (tertiary alicyclic amines) is 1. The third-order valence-electron chi connectivity index (χ3n) is 4.86. The second kappa shape index (κ2) is 12.0. The number of benzene rings is 1. The van der Waals surface area contributed by atoms with Crippen LogP contribution in [0.25, 0.3) is 0 Å². The quantitative estimate of drug-likeness (QED) is 0.419. The maximum atomic E-state index is 13.2. The highest BCUT2D eigenvalue weighted by Gasteiger charge is 2.53. The Morgan fingerprint density at radius 2 is 1.50 bits per heavy atom. The van der Waals surface area contributed by atoms with Crippen LogP contribution in [-0.4, -0.2) is 72.2 Å². The van der Waals surface area contributed by atoms with E-state index in [1.807, 2.05) is 0 Å². The van der Waals surface area contributed by atoms with E-state index in [2.05, 4.69) is 10.6 Å². The Balaban J connectivity index is 2.32. The SMILES string of the molecule is CCCN1C(=O)[C@H](OC(C)=O)[C@H](OC(C)=O)[C@H](OC(C)=O)[C@H]1CNC(=O)Nc1ccc(F)cc1. The summed E-state index contributed by atoms with van der Waals surface area (Å²) < 4.78 is 28.9. The van der Waals surface area contributed by atoms with Gasteiger partial charge in [-0.2, -0.15) is 0 Å². The summed E-state index contributed by atoms with van der Waals surface area (Å²) in [6.45, 7) is 5.13. The number of amides is 3. The van der Waals surface area contributed by atoms with Crippen molar-refractivity contribution in [1.29, 1.82) is 0 Å². The number of carbonyl (C=O) groups excluding carboxylic acids is 5. The van der Waals surface area contributed by atoms with Gasteiger partial charge in [0, 0.05) is 39.5 Å². The molecule has 1 heterocycles. The summed E-state index contributed by atoms with van der Waals surface area (Å²) in [6, 6.07) is 3.48. The van der Waals surface area contributed by atoms with E-state index >= 15 is 0 Å². The molecule has 1 aromatic rings. The van der Waals surface area contributed by atoms with Gasteiger partial charge in [0.2, 0.25) is 6.10 Å². The molecule has 1 aliphatic rings. The van der Waals surface area contributed by atoms with Gasteiger partial charge in [0.05, 0.1) is 6.04 Å². The summed E-state index contributed by atoms with van der Waals surface area (Å²) >= 11 is 0. The first kappa shape index (κ1) is 26.6. The van der Waals surface area contributed by atoms with Gasteiger partial charge in [0.15, 0.2) is 12.2 Å². The number of halogens is 1. The molecule has 2 rings (SSSR count). The van der Waals surface area contributed by atoms with Gasteiger partial charge in [0.25, 0.3) is 5.91 Å². The van der Waals surface area contributed by atoms with Crippen molar-refractivity contribution in [3.05, 3.63) is 30.1 Å². The van der Waals surface area contributed by atoms with E-state index in [1.165, 1.54) is 29.2 Å². The van der Waals surface area contributed by atoms with Crippen LogP contribution in [0.3, 0.4) is 0 Å². The van der Waals surface area contributed by atoms with Gasteiger partial charge in [0.1, 0.15) is 5.82 Å². The van der Waals surface area contributed by atoms with Gasteiger partial charge in [-0.3, -0.25) is 19.2 Å². The summed E-state index contributed by atoms with van der Waals surface area (Å²) in [4.78, 5) is 62.2. The molecule has 12 heteroatoms. The standard InChI is InChI=1S/C22H28FN3O8/c1-5-10-26-17(11-24-22(31)25-16-8-6-15(23)7-9-16)18(32-12(2)27)19(33-13(3)28)20(21(26)30)34-14(4)29/h6-9,17-20H,5,10-11H2,1-4H3,(H2,24,25,31)/t17-,18-,19-,20-/m1/s1. The minimum atomic E-state index is -1.53. The summed E-state index contributed by atoms with van der Waals surface area (Å²) in [5, 5.41) is 5.10. The minimum absolute atomic E-state index is 0.188. The number of carbonyl (C=O) groups is 5. The highest BCUT2D eigenvalue weighted by molar-refractivity contribution is 5.89. The fourth-order valence-electron chi connectivity index (χ4n) is 3.64. The van der Waals surface area contributed by atoms with Crippen molar-refractivity contribution in [2.75, 3.05) is 18.4 Å². The molecule has 2 N–H and O–H groups in total. The highest BCUT2D eigenvalue weighted by atomic mass is 19.1. The average Bonchev–Trinajstić information content (AvgIpc) is 2.74. The van der Waals surface area contributed by atoms with Crippen molar-refractivity contribution in [2.24, 2.45) is 0 Å². The molecule has 0 radical (unpaired) electrons. The Labute approximate surface area is 195 Å². The van der Waals surface area contributed by atoms with Crippen LogP contribution in [0.4, 0.5) is 14.9 Å². The normalized spacial score (nSPS) is 21.9. The van der Waals surface area contributed by atoms with Gasteiger partial charge in [-0.15, -0.1) is 0 Å². The number of esters is 3. The number of ether oxygens (including phenoxy) is 3. The van der Waals surface area contributed by atoms with Crippen LogP contribution in [0.1, 0.15) is 34.1 Å². The van der Waals surface area contributed by atoms with Crippen molar-refractivity contribution in [3.8, 4) is 0 Å². The van der Waals surface area contributed by atoms with Crippen LogP contribution in [0, 0.1) is 5.82 Å². The summed E-state index contributed by atoms with van der Waals surface area (Å²) in [5.74, 6) is -3.42. The van der Waals surface area contributed by atoms with Crippen molar-refractivity contribution in [2.45, 2.75) is 58.5 Å². The topological polar surface area (TPSA) is 140 Å². The molecule has 0 bridgehead atoms. The van der Waals surface area contributed by atoms with E-state index < -0.39 is 60.0 Å². The van der Waals surface area contributed by atoms with E-state index in [-0.39, 0.29) is 13.1 Å². The Morgan fingerprint density at radius 3 is 2.03 bits per heavy atom. The van der Waals surface area contributed by atoms with Crippen LogP contribution in [0.15, 0.2) is 24.3 Å². The molecule has 34 heavy (non-hydrogen) atoms. The van der Waals surface area contributed by atoms with Crippen molar-refractivity contribution in [3.63, 3.8) is 0 Å². The molecule has 0 spiro atoms. The van der Waals surface area contributed by atoms with Crippen molar-refractivity contribution in [1.82, 2.24) is 10.2 Å². The van der Waals surface area contributed by atoms with E-state index in [9.17, 15) is 28.4 Å². The molecule has 11 nitrogen and oxygen atoms in total. The molecule has 1 aliphatic heterocycles. The molecule has 3 amide bonds. The Morgan fingerprint density at radius 1 is 0.941 bits per heavy atom. The van der Waals surface area contributed by atoms with Crippen LogP contribution in [0.2, 0.25) is 0 Å². The lowest BCUT2D eigenvalue weighted by molar-refractivity contribution is -0.207. The molecule has 186 valence electrons. The predicted molar refractivity (Wildman–Crippen MR) is 116 cm³/mol. The zero-order valence-corrected chi connectivity index (χ0v) is 19.3. The Hall–Kier alpha value is -3.70. The monoisotopic (exact) mass is 481 g/mol. The minimum Gasteiger partial charge on any atom is -0.456 e. The van der Waals surface area contributed by atoms with Crippen LogP contribution in [-0.2, 0) is 33.4 Å². The van der Waals surface area contributed by atoms with Gasteiger partial charge >= 0.3 is 23.9 Å². The molecule has 4 atom stereocenters. The molecule has 0 unspecified atom stereocenters. The molecule has 1 aromatic carbocycles. The van der Waals surface area contributed by atoms with Gasteiger partial charge in [-0.05, 0) is 30.7 Å². The van der Waals surface area contributed by atoms with Gasteiger partial charge < -0.3 is 29.7 Å². The van der Waals surface area contributed by atoms with Crippen molar-refractivity contribution < 1.29 is 42.6 Å². The maximum absolute atomic E-state index is 13.2. The zero-order chi connectivity index (χ0) is 25.4. The van der Waals surface area contributed by atoms with Gasteiger partial charge in [-0.1, -0.05) is 6.92 Å². The van der Waals surface area contributed by atoms with E-state index in [0.717, 1.165) is 20.8 Å². The second-order valence-corrected chi connectivity index (χ2v) is 7.62. The number of rotatable bonds is 8. The first-order valence-electron chi connectivity index (χ1n) is 10.7. The third-order valence-corrected chi connectivity index (χ3v) is 4.86. The van der Waals surface area contributed by atoms with Crippen LogP contribution in [0.5, 0.6) is 0 Å². The fraction of sp³-hybridized carbons (Fsp3) is 0.500. The smallest absolute Gasteiger partial charge is 0.319 e. The molecule has 1 fully saturated rings. The molecular formula is C22H28FN3O8. The lowest BCUT2D eigenvalue weighted by atomic mass is 9.91. The molecular weight excluding hydrogens is 453 g/mol. The molecule has 1 saturated heterocycles. The average molecular weight is 481 g/mol. The van der Waals surface area contributed by atoms with E-state index in [4.69, 9.17) is 14.2 Å². The largest absolute Gasteiger partial charge is 0.456 e. The molecule has 0 aliphatic carbocycles. The summed E-state index contributed by atoms with van der Waals surface area (Å²) in [7, 11) is 0. The number of nitrogens with one attached hydrogen (secondary N) is 2. The zero-order valence-electron chi connectivity index (χ0n) is 19.3. The predicted octanol–water partition coefficient (Wildman–Crippen LogP) is 1.36. The number of nitrogens with zero attached hydrogens (tertiary/aromatic N) is 1. The fourth-order valence-corrected chi connectivity index (χ4v) is 3.64. The number of hydrogen-bond donors (Lipinski definition) is 2. The second-order valence-electron chi connectivity index (χ2n) is 7.62. The molecule has 0 aromatic heterocycles. The highest BCUT2D eigenvalue weighted by Crippen LogP contribution is 2.28. The number of piperidine rings is 1. The first-order valence-corrected chi connectivity index (χ1v) is 10.7. The lowest BCUT2D eigenvalue weighted by Gasteiger charge is -2.46. The Kier molecular flexibility index (Phi) is 9.34. The van der Waals surface area contributed by atoms with Crippen LogP contribution >= 0.6 is 0 Å². The summed E-state index contributed by atoms with van der Waals surface area (Å²) in [6.07, 6.45) is -3.68. The molecule has 0 saturated carbocycles. The Bertz CT molecular complexity index is 923. The lowest BCUT2D eigenvalue weighted by Crippen LogP contribution is -2.69. The van der Waals surface area contributed by atoms with Gasteiger partial charge in [-0.25, -0.2) is 9.18 Å². The van der Waals surface area contributed by atoms with E-state index in [0.29, 0.717) is 12.1 Å².